The van der Waals surface area contributed by atoms with E-state index in [1.807, 2.05) is 87.3 Å². The van der Waals surface area contributed by atoms with E-state index in [4.69, 9.17) is 9.47 Å². The Kier molecular flexibility index (Phi) is 11.7. The van der Waals surface area contributed by atoms with Gasteiger partial charge in [0.05, 0.1) is 24.6 Å². The second-order valence-electron chi connectivity index (χ2n) is 11.1. The number of aliphatic imine (C=N–C) groups is 2. The molecule has 42 heavy (non-hydrogen) atoms. The molecule has 0 aliphatic carbocycles. The zero-order valence-electron chi connectivity index (χ0n) is 25.8. The molecule has 0 radical (unpaired) electrons. The fourth-order valence-corrected chi connectivity index (χ4v) is 4.49. The van der Waals surface area contributed by atoms with Crippen LogP contribution in [0.5, 0.6) is 0 Å². The number of carbonyl (C=O) groups is 2. The third-order valence-corrected chi connectivity index (χ3v) is 6.64. The average molecular weight is 577 g/mol. The highest BCUT2D eigenvalue weighted by Gasteiger charge is 2.28. The van der Waals surface area contributed by atoms with Crippen molar-refractivity contribution in [2.75, 3.05) is 52.7 Å². The fraction of sp³-hybridized carbons (Fsp3) is 0.438. The molecule has 1 atom stereocenters. The quantitative estimate of drug-likeness (QED) is 0.309. The van der Waals surface area contributed by atoms with Gasteiger partial charge < -0.3 is 29.5 Å². The molecular formula is C32H44N6O4. The maximum atomic E-state index is 13.7. The van der Waals surface area contributed by atoms with Crippen LogP contribution in [0, 0.1) is 0 Å². The first-order valence-corrected chi connectivity index (χ1v) is 14.1. The number of benzene rings is 2. The predicted octanol–water partition coefficient (Wildman–Crippen LogP) is 4.64. The lowest BCUT2D eigenvalue weighted by atomic mass is 10.1. The Balaban J connectivity index is 1.77. The van der Waals surface area contributed by atoms with Crippen LogP contribution in [0.1, 0.15) is 44.4 Å². The molecule has 1 N–H and O–H groups in total. The molecule has 2 amide bonds. The Morgan fingerprint density at radius 1 is 1.10 bits per heavy atom. The molecule has 0 fully saturated rings. The van der Waals surface area contributed by atoms with Gasteiger partial charge in [0.15, 0.2) is 0 Å². The molecule has 0 bridgehead atoms. The van der Waals surface area contributed by atoms with Gasteiger partial charge in [0.1, 0.15) is 11.4 Å². The highest BCUT2D eigenvalue weighted by Crippen LogP contribution is 2.26. The molecule has 10 heteroatoms. The summed E-state index contributed by atoms with van der Waals surface area (Å²) in [6.07, 6.45) is 3.13. The van der Waals surface area contributed by atoms with Gasteiger partial charge in [-0.05, 0) is 50.5 Å². The van der Waals surface area contributed by atoms with Crippen LogP contribution in [0.25, 0.3) is 0 Å². The van der Waals surface area contributed by atoms with Gasteiger partial charge in [0.2, 0.25) is 0 Å². The molecule has 0 aromatic heterocycles. The SMILES string of the molecule is CN=CNC1=C(C=NC)C(=O)N(c2cccc(COC(CCN(C)C(=O)OC(C)(C)C)c3ccccc3)c2)CCN1C. The maximum absolute atomic E-state index is 13.7. The van der Waals surface area contributed by atoms with Crippen molar-refractivity contribution in [3.05, 3.63) is 77.1 Å². The lowest BCUT2D eigenvalue weighted by Crippen LogP contribution is -2.35. The number of ether oxygens (including phenoxy) is 2. The first-order valence-electron chi connectivity index (χ1n) is 14.1. The number of carbonyl (C=O) groups excluding carboxylic acids is 2. The van der Waals surface area contributed by atoms with Crippen LogP contribution < -0.4 is 10.2 Å². The summed E-state index contributed by atoms with van der Waals surface area (Å²) in [6.45, 7) is 7.48. The standard InChI is InChI=1S/C32H44N6O4/c1-32(2,3)42-31(40)37(7)17-16-28(25-13-9-8-10-14-25)41-22-24-12-11-15-26(20-24)38-19-18-36(6)29(35-23-34-5)27(21-33-4)30(38)39/h8-15,20-21,23,28H,16-19,22H2,1-7H3,(H,34,35). The zero-order chi connectivity index (χ0) is 30.7. The van der Waals surface area contributed by atoms with Crippen molar-refractivity contribution in [1.82, 2.24) is 15.1 Å². The number of likely N-dealkylation sites (N-methyl/N-ethyl adjacent to an activating group) is 1. The summed E-state index contributed by atoms with van der Waals surface area (Å²) >= 11 is 0. The van der Waals surface area contributed by atoms with Crippen LogP contribution in [0.15, 0.2) is 76.0 Å². The molecule has 2 aromatic carbocycles. The van der Waals surface area contributed by atoms with Crippen LogP contribution >= 0.6 is 0 Å². The number of anilines is 1. The minimum Gasteiger partial charge on any atom is -0.444 e. The van der Waals surface area contributed by atoms with Gasteiger partial charge in [-0.2, -0.15) is 0 Å². The number of nitrogens with one attached hydrogen (secondary N) is 1. The number of amides is 2. The van der Waals surface area contributed by atoms with E-state index in [0.29, 0.717) is 44.1 Å². The third kappa shape index (κ3) is 9.17. The molecule has 1 unspecified atom stereocenters. The normalized spacial score (nSPS) is 15.4. The summed E-state index contributed by atoms with van der Waals surface area (Å²) in [5, 5.41) is 3.12. The first kappa shape index (κ1) is 32.3. The van der Waals surface area contributed by atoms with E-state index < -0.39 is 5.60 Å². The molecule has 2 aromatic rings. The van der Waals surface area contributed by atoms with Gasteiger partial charge in [-0.3, -0.25) is 14.8 Å². The van der Waals surface area contributed by atoms with Crippen molar-refractivity contribution in [1.29, 1.82) is 0 Å². The van der Waals surface area contributed by atoms with E-state index in [-0.39, 0.29) is 18.1 Å². The molecule has 3 rings (SSSR count). The highest BCUT2D eigenvalue weighted by molar-refractivity contribution is 6.19. The largest absolute Gasteiger partial charge is 0.444 e. The fourth-order valence-electron chi connectivity index (χ4n) is 4.49. The van der Waals surface area contributed by atoms with Crippen LogP contribution in [0.4, 0.5) is 10.5 Å². The van der Waals surface area contributed by atoms with E-state index in [1.165, 1.54) is 0 Å². The maximum Gasteiger partial charge on any atom is 0.410 e. The van der Waals surface area contributed by atoms with E-state index >= 15 is 0 Å². The molecule has 0 saturated heterocycles. The smallest absolute Gasteiger partial charge is 0.410 e. The van der Waals surface area contributed by atoms with Gasteiger partial charge in [0.25, 0.3) is 5.91 Å². The van der Waals surface area contributed by atoms with Crippen molar-refractivity contribution < 1.29 is 19.1 Å². The Labute approximate surface area is 249 Å². The Bertz CT molecular complexity index is 1290. The lowest BCUT2D eigenvalue weighted by molar-refractivity contribution is -0.114. The number of nitrogens with zero attached hydrogens (tertiary/aromatic N) is 5. The van der Waals surface area contributed by atoms with Crippen LogP contribution in [-0.4, -0.2) is 87.8 Å². The minimum absolute atomic E-state index is 0.151. The summed E-state index contributed by atoms with van der Waals surface area (Å²) in [7, 11) is 6.98. The lowest BCUT2D eigenvalue weighted by Gasteiger charge is -2.26. The molecule has 1 heterocycles. The number of rotatable bonds is 11. The molecule has 10 nitrogen and oxygen atoms in total. The van der Waals surface area contributed by atoms with E-state index in [0.717, 1.165) is 16.8 Å². The molecule has 1 aliphatic rings. The summed E-state index contributed by atoms with van der Waals surface area (Å²) in [5.74, 6) is 0.502. The topological polar surface area (TPSA) is 99.1 Å². The van der Waals surface area contributed by atoms with Crippen LogP contribution in [0.3, 0.4) is 0 Å². The Hall–Kier alpha value is -4.18. The molecule has 0 spiro atoms. The summed E-state index contributed by atoms with van der Waals surface area (Å²) in [5.41, 5.74) is 2.64. The van der Waals surface area contributed by atoms with Crippen molar-refractivity contribution in [2.45, 2.75) is 45.5 Å². The molecule has 0 saturated carbocycles. The molecular weight excluding hydrogens is 532 g/mol. The second kappa shape index (κ2) is 15.2. The third-order valence-electron chi connectivity index (χ3n) is 6.64. The summed E-state index contributed by atoms with van der Waals surface area (Å²) < 4.78 is 11.9. The van der Waals surface area contributed by atoms with Crippen molar-refractivity contribution >= 4 is 30.2 Å². The van der Waals surface area contributed by atoms with Gasteiger partial charge in [-0.1, -0.05) is 42.5 Å². The van der Waals surface area contributed by atoms with E-state index in [1.54, 1.807) is 43.5 Å². The van der Waals surface area contributed by atoms with E-state index in [2.05, 4.69) is 15.3 Å². The van der Waals surface area contributed by atoms with E-state index in [9.17, 15) is 9.59 Å². The van der Waals surface area contributed by atoms with Crippen molar-refractivity contribution in [2.24, 2.45) is 9.98 Å². The van der Waals surface area contributed by atoms with Crippen molar-refractivity contribution in [3.63, 3.8) is 0 Å². The first-order chi connectivity index (χ1) is 20.0. The number of hydrogen-bond donors (Lipinski definition) is 1. The zero-order valence-corrected chi connectivity index (χ0v) is 25.8. The number of hydrogen-bond acceptors (Lipinski definition) is 7. The highest BCUT2D eigenvalue weighted by atomic mass is 16.6. The Morgan fingerprint density at radius 3 is 2.50 bits per heavy atom. The van der Waals surface area contributed by atoms with Gasteiger partial charge in [0, 0.05) is 59.7 Å². The summed E-state index contributed by atoms with van der Waals surface area (Å²) in [4.78, 5) is 39.6. The van der Waals surface area contributed by atoms with Crippen LogP contribution in [-0.2, 0) is 20.9 Å². The predicted molar refractivity (Wildman–Crippen MR) is 168 cm³/mol. The second-order valence-corrected chi connectivity index (χ2v) is 11.1. The van der Waals surface area contributed by atoms with Crippen LogP contribution in [0.2, 0.25) is 0 Å². The average Bonchev–Trinajstić information content (AvgIpc) is 3.07. The van der Waals surface area contributed by atoms with Crippen molar-refractivity contribution in [3.8, 4) is 0 Å². The monoisotopic (exact) mass is 576 g/mol. The summed E-state index contributed by atoms with van der Waals surface area (Å²) in [6, 6.07) is 17.8. The van der Waals surface area contributed by atoms with Gasteiger partial charge in [-0.15, -0.1) is 0 Å². The molecule has 1 aliphatic heterocycles. The van der Waals surface area contributed by atoms with Gasteiger partial charge in [-0.25, -0.2) is 4.79 Å². The minimum atomic E-state index is -0.558. The van der Waals surface area contributed by atoms with Gasteiger partial charge >= 0.3 is 6.09 Å². The molecule has 226 valence electrons. The Morgan fingerprint density at radius 2 is 1.83 bits per heavy atom.